The highest BCUT2D eigenvalue weighted by Crippen LogP contribution is 2.24. The number of benzene rings is 1. The summed E-state index contributed by atoms with van der Waals surface area (Å²) >= 11 is 0. The van der Waals surface area contributed by atoms with E-state index in [0.29, 0.717) is 6.54 Å². The van der Waals surface area contributed by atoms with Gasteiger partial charge in [0.15, 0.2) is 5.78 Å². The van der Waals surface area contributed by atoms with Crippen molar-refractivity contribution in [2.75, 3.05) is 26.7 Å². The summed E-state index contributed by atoms with van der Waals surface area (Å²) in [5.74, 6) is 0.897. The lowest BCUT2D eigenvalue weighted by Crippen LogP contribution is -2.38. The van der Waals surface area contributed by atoms with Crippen LogP contribution in [0.1, 0.15) is 43.6 Å². The molecule has 1 aromatic carbocycles. The number of nitrogens with zero attached hydrogens (tertiary/aromatic N) is 1. The molecule has 1 rings (SSSR count). The summed E-state index contributed by atoms with van der Waals surface area (Å²) in [7, 11) is 1.66. The maximum absolute atomic E-state index is 11.6. The molecule has 0 aromatic heterocycles. The normalized spacial score (nSPS) is 11.8. The van der Waals surface area contributed by atoms with Crippen molar-refractivity contribution >= 4 is 5.78 Å². The first-order valence-electron chi connectivity index (χ1n) is 7.43. The van der Waals surface area contributed by atoms with Crippen molar-refractivity contribution in [2.24, 2.45) is 11.1 Å². The van der Waals surface area contributed by atoms with Gasteiger partial charge in [-0.1, -0.05) is 20.8 Å². The van der Waals surface area contributed by atoms with Crippen LogP contribution in [0.4, 0.5) is 0 Å². The molecular formula is C17H28N2O2. The number of rotatable bonds is 8. The molecule has 0 unspecified atom stereocenters. The van der Waals surface area contributed by atoms with E-state index in [2.05, 4.69) is 25.7 Å². The zero-order chi connectivity index (χ0) is 16.0. The van der Waals surface area contributed by atoms with Gasteiger partial charge in [0.25, 0.3) is 0 Å². The van der Waals surface area contributed by atoms with Gasteiger partial charge in [-0.05, 0) is 43.6 Å². The Morgan fingerprint density at radius 2 is 2.05 bits per heavy atom. The number of hydrogen-bond acceptors (Lipinski definition) is 4. The molecule has 0 aliphatic rings. The Morgan fingerprint density at radius 1 is 1.38 bits per heavy atom. The van der Waals surface area contributed by atoms with E-state index < -0.39 is 0 Å². The van der Waals surface area contributed by atoms with Gasteiger partial charge in [0.1, 0.15) is 5.75 Å². The van der Waals surface area contributed by atoms with Crippen molar-refractivity contribution in [2.45, 2.75) is 34.2 Å². The molecule has 0 spiro atoms. The molecule has 0 fully saturated rings. The topological polar surface area (TPSA) is 55.6 Å². The number of methoxy groups -OCH3 is 1. The fraction of sp³-hybridized carbons (Fsp3) is 0.588. The van der Waals surface area contributed by atoms with Crippen molar-refractivity contribution in [1.29, 1.82) is 0 Å². The Kier molecular flexibility index (Phi) is 6.37. The SMILES string of the molecule is CCN(Cc1cc(C(C)=O)ccc1OC)CC(C)(C)CN. The van der Waals surface area contributed by atoms with E-state index in [0.717, 1.165) is 36.5 Å². The van der Waals surface area contributed by atoms with Crippen molar-refractivity contribution in [3.63, 3.8) is 0 Å². The molecule has 0 atom stereocenters. The number of hydrogen-bond donors (Lipinski definition) is 1. The third-order valence-corrected chi connectivity index (χ3v) is 3.73. The van der Waals surface area contributed by atoms with Gasteiger partial charge in [-0.25, -0.2) is 0 Å². The molecular weight excluding hydrogens is 264 g/mol. The summed E-state index contributed by atoms with van der Waals surface area (Å²) in [6.07, 6.45) is 0. The third-order valence-electron chi connectivity index (χ3n) is 3.73. The van der Waals surface area contributed by atoms with Crippen molar-refractivity contribution in [3.8, 4) is 5.75 Å². The molecule has 0 saturated heterocycles. The van der Waals surface area contributed by atoms with Crippen molar-refractivity contribution < 1.29 is 9.53 Å². The van der Waals surface area contributed by atoms with E-state index in [4.69, 9.17) is 10.5 Å². The van der Waals surface area contributed by atoms with Crippen molar-refractivity contribution in [3.05, 3.63) is 29.3 Å². The lowest BCUT2D eigenvalue weighted by atomic mass is 9.93. The highest BCUT2D eigenvalue weighted by molar-refractivity contribution is 5.94. The van der Waals surface area contributed by atoms with Crippen molar-refractivity contribution in [1.82, 2.24) is 4.90 Å². The third kappa shape index (κ3) is 5.14. The van der Waals surface area contributed by atoms with Gasteiger partial charge in [-0.2, -0.15) is 0 Å². The van der Waals surface area contributed by atoms with E-state index in [9.17, 15) is 4.79 Å². The van der Waals surface area contributed by atoms with E-state index >= 15 is 0 Å². The molecule has 0 radical (unpaired) electrons. The van der Waals surface area contributed by atoms with Crippen LogP contribution in [-0.2, 0) is 6.54 Å². The maximum atomic E-state index is 11.6. The molecule has 0 amide bonds. The smallest absolute Gasteiger partial charge is 0.159 e. The van der Waals surface area contributed by atoms with Crippen LogP contribution in [0.5, 0.6) is 5.75 Å². The molecule has 0 aliphatic carbocycles. The second-order valence-corrected chi connectivity index (χ2v) is 6.25. The average molecular weight is 292 g/mol. The summed E-state index contributed by atoms with van der Waals surface area (Å²) in [6, 6.07) is 5.61. The molecule has 0 bridgehead atoms. The Labute approximate surface area is 128 Å². The summed E-state index contributed by atoms with van der Waals surface area (Å²) in [5, 5.41) is 0. The number of carbonyl (C=O) groups is 1. The van der Waals surface area contributed by atoms with Crippen LogP contribution in [0.2, 0.25) is 0 Å². The standard InChI is InChI=1S/C17H28N2O2/c1-6-19(12-17(3,4)11-18)10-15-9-14(13(2)20)7-8-16(15)21-5/h7-9H,6,10-12,18H2,1-5H3. The molecule has 0 aliphatic heterocycles. The molecule has 4 nitrogen and oxygen atoms in total. The molecule has 1 aromatic rings. The van der Waals surface area contributed by atoms with Gasteiger partial charge in [0, 0.05) is 24.2 Å². The fourth-order valence-corrected chi connectivity index (χ4v) is 2.31. The van der Waals surface area contributed by atoms with Gasteiger partial charge < -0.3 is 10.5 Å². The van der Waals surface area contributed by atoms with Crippen LogP contribution in [0.15, 0.2) is 18.2 Å². The Balaban J connectivity index is 2.97. The number of ether oxygens (including phenoxy) is 1. The van der Waals surface area contributed by atoms with Crippen LogP contribution < -0.4 is 10.5 Å². The lowest BCUT2D eigenvalue weighted by molar-refractivity contribution is 0.101. The van der Waals surface area contributed by atoms with E-state index in [1.54, 1.807) is 14.0 Å². The maximum Gasteiger partial charge on any atom is 0.159 e. The van der Waals surface area contributed by atoms with Crippen LogP contribution in [-0.4, -0.2) is 37.4 Å². The molecule has 4 heteroatoms. The zero-order valence-corrected chi connectivity index (χ0v) is 13.9. The van der Waals surface area contributed by atoms with Gasteiger partial charge in [-0.3, -0.25) is 9.69 Å². The quantitative estimate of drug-likeness (QED) is 0.749. The van der Waals surface area contributed by atoms with E-state index in [1.807, 2.05) is 18.2 Å². The lowest BCUT2D eigenvalue weighted by Gasteiger charge is -2.31. The molecule has 118 valence electrons. The van der Waals surface area contributed by atoms with Gasteiger partial charge >= 0.3 is 0 Å². The highest BCUT2D eigenvalue weighted by Gasteiger charge is 2.20. The van der Waals surface area contributed by atoms with Crippen LogP contribution >= 0.6 is 0 Å². The first-order valence-corrected chi connectivity index (χ1v) is 7.43. The zero-order valence-electron chi connectivity index (χ0n) is 13.9. The highest BCUT2D eigenvalue weighted by atomic mass is 16.5. The summed E-state index contributed by atoms with van der Waals surface area (Å²) in [6.45, 7) is 11.3. The Bertz CT molecular complexity index is 484. The van der Waals surface area contributed by atoms with Crippen LogP contribution in [0, 0.1) is 5.41 Å². The number of ketones is 1. The number of nitrogens with two attached hydrogens (primary N) is 1. The summed E-state index contributed by atoms with van der Waals surface area (Å²) in [4.78, 5) is 13.9. The Hall–Kier alpha value is -1.39. The monoisotopic (exact) mass is 292 g/mol. The number of Topliss-reactive ketones (excluding diaryl/α,β-unsaturated/α-hetero) is 1. The minimum atomic E-state index is 0.0709. The molecule has 0 saturated carbocycles. The first kappa shape index (κ1) is 17.7. The summed E-state index contributed by atoms with van der Waals surface area (Å²) in [5.41, 5.74) is 7.66. The predicted molar refractivity (Wildman–Crippen MR) is 86.8 cm³/mol. The van der Waals surface area contributed by atoms with E-state index in [-0.39, 0.29) is 11.2 Å². The molecule has 21 heavy (non-hydrogen) atoms. The second-order valence-electron chi connectivity index (χ2n) is 6.25. The molecule has 2 N–H and O–H groups in total. The fourth-order valence-electron chi connectivity index (χ4n) is 2.31. The van der Waals surface area contributed by atoms with Gasteiger partial charge in [0.05, 0.1) is 7.11 Å². The summed E-state index contributed by atoms with van der Waals surface area (Å²) < 4.78 is 5.42. The second kappa shape index (κ2) is 7.57. The Morgan fingerprint density at radius 3 is 2.52 bits per heavy atom. The van der Waals surface area contributed by atoms with Crippen LogP contribution in [0.3, 0.4) is 0 Å². The van der Waals surface area contributed by atoms with Gasteiger partial charge in [0.2, 0.25) is 0 Å². The molecule has 0 heterocycles. The minimum Gasteiger partial charge on any atom is -0.496 e. The average Bonchev–Trinajstić information content (AvgIpc) is 2.46. The van der Waals surface area contributed by atoms with Crippen LogP contribution in [0.25, 0.3) is 0 Å². The largest absolute Gasteiger partial charge is 0.496 e. The predicted octanol–water partition coefficient (Wildman–Crippen LogP) is 2.70. The van der Waals surface area contributed by atoms with E-state index in [1.165, 1.54) is 0 Å². The minimum absolute atomic E-state index is 0.0709. The number of carbonyl (C=O) groups excluding carboxylic acids is 1. The first-order chi connectivity index (χ1) is 9.82. The van der Waals surface area contributed by atoms with Gasteiger partial charge in [-0.15, -0.1) is 0 Å².